The number of carbonyl (C=O) groups excluding carboxylic acids is 1. The number of hydrogen-bond donors (Lipinski definition) is 2. The minimum atomic E-state index is -0.00889. The molecule has 0 spiro atoms. The average molecular weight is 254 g/mol. The van der Waals surface area contributed by atoms with Gasteiger partial charge in [0.05, 0.1) is 0 Å². The number of amides is 1. The average Bonchev–Trinajstić information content (AvgIpc) is 2.28. The van der Waals surface area contributed by atoms with E-state index in [2.05, 4.69) is 20.6 Å². The summed E-state index contributed by atoms with van der Waals surface area (Å²) in [6.45, 7) is 2.73. The smallest absolute Gasteiger partial charge is 0.225 e. The first-order valence-corrected chi connectivity index (χ1v) is 6.72. The molecular weight excluding hydrogens is 236 g/mol. The monoisotopic (exact) mass is 254 g/mol. The Hall–Kier alpha value is -1.14. The molecule has 1 heterocycles. The second-order valence-corrected chi connectivity index (χ2v) is 4.41. The number of aryl methyl sites for hydroxylation is 1. The van der Waals surface area contributed by atoms with E-state index in [-0.39, 0.29) is 5.91 Å². The minimum Gasteiger partial charge on any atom is -0.320 e. The number of rotatable bonds is 6. The van der Waals surface area contributed by atoms with Gasteiger partial charge < -0.3 is 10.6 Å². The van der Waals surface area contributed by atoms with Crippen LogP contribution in [-0.2, 0) is 4.79 Å². The number of thioether (sulfide) groups is 1. The maximum absolute atomic E-state index is 11.6. The summed E-state index contributed by atoms with van der Waals surface area (Å²) in [5.41, 5.74) is 0.856. The van der Waals surface area contributed by atoms with Gasteiger partial charge in [-0.1, -0.05) is 11.8 Å². The molecule has 94 valence electrons. The van der Waals surface area contributed by atoms with E-state index in [1.807, 2.05) is 20.2 Å². The third kappa shape index (κ3) is 5.14. The van der Waals surface area contributed by atoms with E-state index in [4.69, 9.17) is 0 Å². The van der Waals surface area contributed by atoms with Gasteiger partial charge in [0, 0.05) is 18.2 Å². The molecular formula is C11H18N4OS. The summed E-state index contributed by atoms with van der Waals surface area (Å²) in [6.07, 6.45) is 3.23. The van der Waals surface area contributed by atoms with E-state index in [1.165, 1.54) is 11.8 Å². The summed E-state index contributed by atoms with van der Waals surface area (Å²) in [7, 11) is 1.87. The summed E-state index contributed by atoms with van der Waals surface area (Å²) in [5, 5.41) is 6.47. The molecule has 1 amide bonds. The third-order valence-electron chi connectivity index (χ3n) is 2.11. The van der Waals surface area contributed by atoms with Crippen molar-refractivity contribution in [1.82, 2.24) is 15.3 Å². The van der Waals surface area contributed by atoms with Gasteiger partial charge in [-0.05, 0) is 33.2 Å². The Labute approximate surface area is 106 Å². The van der Waals surface area contributed by atoms with Crippen molar-refractivity contribution in [3.8, 4) is 0 Å². The van der Waals surface area contributed by atoms with Gasteiger partial charge in [-0.25, -0.2) is 9.97 Å². The van der Waals surface area contributed by atoms with E-state index in [0.717, 1.165) is 18.7 Å². The standard InChI is InChI=1S/C11H18N4OS/c1-8-7-9(15-11(13-8)17-3)14-10(16)5-4-6-12-2/h7,12H,4-6H2,1-3H3,(H,13,14,15,16). The van der Waals surface area contributed by atoms with Crippen LogP contribution in [0.15, 0.2) is 11.2 Å². The summed E-state index contributed by atoms with van der Waals surface area (Å²) in [6, 6.07) is 1.77. The predicted octanol–water partition coefficient (Wildman–Crippen LogP) is 1.45. The van der Waals surface area contributed by atoms with E-state index in [9.17, 15) is 4.79 Å². The zero-order valence-electron chi connectivity index (χ0n) is 10.4. The Kier molecular flexibility index (Phi) is 5.93. The highest BCUT2D eigenvalue weighted by Gasteiger charge is 2.05. The lowest BCUT2D eigenvalue weighted by molar-refractivity contribution is -0.116. The highest BCUT2D eigenvalue weighted by Crippen LogP contribution is 2.13. The predicted molar refractivity (Wildman–Crippen MR) is 70.3 cm³/mol. The topological polar surface area (TPSA) is 66.9 Å². The molecule has 0 radical (unpaired) electrons. The number of hydrogen-bond acceptors (Lipinski definition) is 5. The van der Waals surface area contributed by atoms with E-state index in [0.29, 0.717) is 17.4 Å². The van der Waals surface area contributed by atoms with Crippen molar-refractivity contribution in [2.24, 2.45) is 0 Å². The molecule has 1 aromatic heterocycles. The molecule has 1 rings (SSSR count). The number of carbonyl (C=O) groups is 1. The Balaban J connectivity index is 2.55. The first-order valence-electron chi connectivity index (χ1n) is 5.50. The van der Waals surface area contributed by atoms with Crippen LogP contribution in [0.2, 0.25) is 0 Å². The van der Waals surface area contributed by atoms with Crippen molar-refractivity contribution >= 4 is 23.5 Å². The van der Waals surface area contributed by atoms with Gasteiger partial charge in [0.15, 0.2) is 5.16 Å². The highest BCUT2D eigenvalue weighted by molar-refractivity contribution is 7.98. The number of nitrogens with one attached hydrogen (secondary N) is 2. The van der Waals surface area contributed by atoms with Crippen LogP contribution in [0, 0.1) is 6.92 Å². The molecule has 0 bridgehead atoms. The van der Waals surface area contributed by atoms with Crippen LogP contribution in [-0.4, -0.2) is 35.7 Å². The lowest BCUT2D eigenvalue weighted by Gasteiger charge is -2.06. The van der Waals surface area contributed by atoms with Crippen LogP contribution in [0.1, 0.15) is 18.5 Å². The van der Waals surface area contributed by atoms with Crippen LogP contribution in [0.25, 0.3) is 0 Å². The lowest BCUT2D eigenvalue weighted by atomic mass is 10.3. The number of nitrogens with zero attached hydrogens (tertiary/aromatic N) is 2. The van der Waals surface area contributed by atoms with Crippen LogP contribution in [0.3, 0.4) is 0 Å². The molecule has 0 unspecified atom stereocenters. The van der Waals surface area contributed by atoms with Gasteiger partial charge in [0.25, 0.3) is 0 Å². The second kappa shape index (κ2) is 7.24. The van der Waals surface area contributed by atoms with Gasteiger partial charge in [-0.15, -0.1) is 0 Å². The zero-order valence-corrected chi connectivity index (χ0v) is 11.2. The van der Waals surface area contributed by atoms with Crippen LogP contribution < -0.4 is 10.6 Å². The normalized spacial score (nSPS) is 10.3. The fraction of sp³-hybridized carbons (Fsp3) is 0.545. The zero-order chi connectivity index (χ0) is 12.7. The van der Waals surface area contributed by atoms with E-state index < -0.39 is 0 Å². The molecule has 0 saturated heterocycles. The Morgan fingerprint density at radius 1 is 1.47 bits per heavy atom. The highest BCUT2D eigenvalue weighted by atomic mass is 32.2. The first kappa shape index (κ1) is 13.9. The number of aromatic nitrogens is 2. The summed E-state index contributed by atoms with van der Waals surface area (Å²) in [5.74, 6) is 0.571. The maximum atomic E-state index is 11.6. The molecule has 6 heteroatoms. The Bertz CT molecular complexity index is 384. The summed E-state index contributed by atoms with van der Waals surface area (Å²) >= 11 is 1.46. The summed E-state index contributed by atoms with van der Waals surface area (Å²) in [4.78, 5) is 20.0. The van der Waals surface area contributed by atoms with E-state index in [1.54, 1.807) is 6.07 Å². The van der Waals surface area contributed by atoms with Crippen molar-refractivity contribution in [2.45, 2.75) is 24.9 Å². The molecule has 0 aromatic carbocycles. The van der Waals surface area contributed by atoms with Crippen LogP contribution in [0.5, 0.6) is 0 Å². The van der Waals surface area contributed by atoms with Crippen molar-refractivity contribution in [2.75, 3.05) is 25.2 Å². The van der Waals surface area contributed by atoms with Gasteiger partial charge in [-0.2, -0.15) is 0 Å². The van der Waals surface area contributed by atoms with Gasteiger partial charge in [0.1, 0.15) is 5.82 Å². The fourth-order valence-electron chi connectivity index (χ4n) is 1.33. The molecule has 0 saturated carbocycles. The van der Waals surface area contributed by atoms with Crippen molar-refractivity contribution in [1.29, 1.82) is 0 Å². The molecule has 5 nitrogen and oxygen atoms in total. The van der Waals surface area contributed by atoms with Crippen LogP contribution in [0.4, 0.5) is 5.82 Å². The van der Waals surface area contributed by atoms with Gasteiger partial charge >= 0.3 is 0 Å². The second-order valence-electron chi connectivity index (χ2n) is 3.64. The first-order chi connectivity index (χ1) is 8.15. The van der Waals surface area contributed by atoms with Crippen molar-refractivity contribution in [3.05, 3.63) is 11.8 Å². The van der Waals surface area contributed by atoms with Gasteiger partial charge in [-0.3, -0.25) is 4.79 Å². The quantitative estimate of drug-likeness (QED) is 0.457. The SMILES string of the molecule is CNCCCC(=O)Nc1cc(C)nc(SC)n1. The Morgan fingerprint density at radius 3 is 2.88 bits per heavy atom. The molecule has 2 N–H and O–H groups in total. The van der Waals surface area contributed by atoms with Crippen molar-refractivity contribution < 1.29 is 4.79 Å². The molecule has 0 aliphatic carbocycles. The van der Waals surface area contributed by atoms with Crippen molar-refractivity contribution in [3.63, 3.8) is 0 Å². The fourth-order valence-corrected chi connectivity index (χ4v) is 1.75. The number of anilines is 1. The molecule has 0 aliphatic heterocycles. The lowest BCUT2D eigenvalue weighted by Crippen LogP contribution is -2.16. The summed E-state index contributed by atoms with van der Waals surface area (Å²) < 4.78 is 0. The van der Waals surface area contributed by atoms with Gasteiger partial charge in [0.2, 0.25) is 5.91 Å². The minimum absolute atomic E-state index is 0.00889. The van der Waals surface area contributed by atoms with E-state index >= 15 is 0 Å². The molecule has 0 atom stereocenters. The third-order valence-corrected chi connectivity index (χ3v) is 2.66. The molecule has 17 heavy (non-hydrogen) atoms. The largest absolute Gasteiger partial charge is 0.320 e. The molecule has 1 aromatic rings. The molecule has 0 fully saturated rings. The molecule has 0 aliphatic rings. The maximum Gasteiger partial charge on any atom is 0.225 e. The Morgan fingerprint density at radius 2 is 2.24 bits per heavy atom. The van der Waals surface area contributed by atoms with Crippen LogP contribution >= 0.6 is 11.8 Å².